The van der Waals surface area contributed by atoms with Crippen LogP contribution in [0.25, 0.3) is 11.1 Å². The number of nitrogens with zero attached hydrogens (tertiary/aromatic N) is 1. The summed E-state index contributed by atoms with van der Waals surface area (Å²) in [6, 6.07) is 44.3. The lowest BCUT2D eigenvalue weighted by molar-refractivity contribution is -0.135. The molecule has 5 aromatic rings. The highest BCUT2D eigenvalue weighted by Gasteiger charge is 2.36. The zero-order chi connectivity index (χ0) is 29.6. The second kappa shape index (κ2) is 12.9. The zero-order valence-corrected chi connectivity index (χ0v) is 24.1. The number of hydrogen-bond donors (Lipinski definition) is 1. The van der Waals surface area contributed by atoms with Crippen molar-refractivity contribution < 1.29 is 14.7 Å². The number of hydrogen-bond acceptors (Lipinski definition) is 2. The van der Waals surface area contributed by atoms with E-state index in [1.807, 2.05) is 48.5 Å². The van der Waals surface area contributed by atoms with Crippen molar-refractivity contribution in [3.05, 3.63) is 167 Å². The molecule has 214 valence electrons. The van der Waals surface area contributed by atoms with E-state index in [9.17, 15) is 14.7 Å². The number of carboxylic acid groups (broad SMARTS) is 1. The number of amides is 1. The molecule has 0 saturated heterocycles. The molecule has 6 rings (SSSR count). The van der Waals surface area contributed by atoms with Crippen LogP contribution in [0.15, 0.2) is 133 Å². The standard InChI is InChI=1S/C39H35NO3/c41-37(25-30-15-9-17-32(24-30)33-18-10-19-35(26-33)39(42)43)40(27-29-13-5-2-6-14-29)38-34(23-28-11-3-1-4-12-28)22-21-31-16-7-8-20-36(31)38/h1-20,24,26,34,38H,21-23,25,27H2,(H,42,43)/t34-,38-/m0/s1. The van der Waals surface area contributed by atoms with Crippen molar-refractivity contribution in [1.82, 2.24) is 4.90 Å². The maximum absolute atomic E-state index is 14.5. The minimum absolute atomic E-state index is 0.0479. The molecule has 4 heteroatoms. The number of carboxylic acids is 1. The third-order valence-electron chi connectivity index (χ3n) is 8.52. The van der Waals surface area contributed by atoms with Crippen LogP contribution in [0.4, 0.5) is 0 Å². The molecular weight excluding hydrogens is 530 g/mol. The van der Waals surface area contributed by atoms with Crippen LogP contribution in [-0.2, 0) is 30.6 Å². The Bertz CT molecular complexity index is 1710. The highest BCUT2D eigenvalue weighted by molar-refractivity contribution is 5.89. The molecule has 0 fully saturated rings. The largest absolute Gasteiger partial charge is 0.478 e. The molecule has 0 radical (unpaired) electrons. The van der Waals surface area contributed by atoms with Crippen molar-refractivity contribution in [2.75, 3.05) is 0 Å². The quantitative estimate of drug-likeness (QED) is 0.196. The second-order valence-electron chi connectivity index (χ2n) is 11.4. The molecule has 0 saturated carbocycles. The lowest BCUT2D eigenvalue weighted by atomic mass is 9.76. The Morgan fingerprint density at radius 3 is 2.05 bits per heavy atom. The fourth-order valence-electron chi connectivity index (χ4n) is 6.45. The summed E-state index contributed by atoms with van der Waals surface area (Å²) >= 11 is 0. The Morgan fingerprint density at radius 1 is 0.674 bits per heavy atom. The number of fused-ring (bicyclic) bond motifs is 1. The van der Waals surface area contributed by atoms with E-state index in [4.69, 9.17) is 0 Å². The van der Waals surface area contributed by atoms with Gasteiger partial charge in [0.15, 0.2) is 0 Å². The number of aryl methyl sites for hydroxylation is 1. The monoisotopic (exact) mass is 565 g/mol. The number of carbonyl (C=O) groups excluding carboxylic acids is 1. The number of benzene rings is 5. The Hall–Kier alpha value is -4.96. The molecule has 0 heterocycles. The van der Waals surface area contributed by atoms with E-state index in [0.29, 0.717) is 6.54 Å². The second-order valence-corrected chi connectivity index (χ2v) is 11.4. The molecule has 1 amide bonds. The van der Waals surface area contributed by atoms with Crippen molar-refractivity contribution in [2.24, 2.45) is 5.92 Å². The van der Waals surface area contributed by atoms with Crippen molar-refractivity contribution in [1.29, 1.82) is 0 Å². The molecule has 1 N–H and O–H groups in total. The number of carbonyl (C=O) groups is 2. The number of aromatic carboxylic acids is 1. The minimum Gasteiger partial charge on any atom is -0.478 e. The SMILES string of the molecule is O=C(O)c1cccc(-c2cccc(CC(=O)N(Cc3ccccc3)[C@@H]3c4ccccc4CC[C@H]3Cc3ccccc3)c2)c1. The summed E-state index contributed by atoms with van der Waals surface area (Å²) in [4.78, 5) is 28.1. The van der Waals surface area contributed by atoms with Gasteiger partial charge >= 0.3 is 5.97 Å². The van der Waals surface area contributed by atoms with E-state index in [-0.39, 0.29) is 29.9 Å². The van der Waals surface area contributed by atoms with Crippen LogP contribution in [0.1, 0.15) is 50.6 Å². The lowest BCUT2D eigenvalue weighted by Crippen LogP contribution is -2.41. The Labute approximate surface area is 253 Å². The fraction of sp³-hybridized carbons (Fsp3) is 0.179. The van der Waals surface area contributed by atoms with Crippen molar-refractivity contribution in [2.45, 2.75) is 38.3 Å². The molecule has 0 bridgehead atoms. The first-order valence-corrected chi connectivity index (χ1v) is 14.9. The summed E-state index contributed by atoms with van der Waals surface area (Å²) in [6.07, 6.45) is 3.20. The van der Waals surface area contributed by atoms with Gasteiger partial charge in [-0.3, -0.25) is 4.79 Å². The summed E-state index contributed by atoms with van der Waals surface area (Å²) in [6.45, 7) is 0.532. The van der Waals surface area contributed by atoms with Gasteiger partial charge in [-0.1, -0.05) is 121 Å². The van der Waals surface area contributed by atoms with Crippen molar-refractivity contribution in [3.63, 3.8) is 0 Å². The molecule has 0 aliphatic heterocycles. The van der Waals surface area contributed by atoms with Crippen LogP contribution in [0, 0.1) is 5.92 Å². The molecule has 4 nitrogen and oxygen atoms in total. The maximum atomic E-state index is 14.5. The van der Waals surface area contributed by atoms with Gasteiger partial charge in [-0.2, -0.15) is 0 Å². The van der Waals surface area contributed by atoms with E-state index >= 15 is 0 Å². The van der Waals surface area contributed by atoms with Crippen LogP contribution in [0.2, 0.25) is 0 Å². The summed E-state index contributed by atoms with van der Waals surface area (Å²) in [5, 5.41) is 9.47. The van der Waals surface area contributed by atoms with Gasteiger partial charge in [-0.15, -0.1) is 0 Å². The predicted octanol–water partition coefficient (Wildman–Crippen LogP) is 8.17. The average molecular weight is 566 g/mol. The van der Waals surface area contributed by atoms with Crippen LogP contribution in [0.3, 0.4) is 0 Å². The van der Waals surface area contributed by atoms with Gasteiger partial charge in [0.2, 0.25) is 5.91 Å². The van der Waals surface area contributed by atoms with E-state index in [2.05, 4.69) is 71.6 Å². The third kappa shape index (κ3) is 6.60. The van der Waals surface area contributed by atoms with Crippen LogP contribution in [0.5, 0.6) is 0 Å². The normalized spacial score (nSPS) is 15.8. The van der Waals surface area contributed by atoms with E-state index < -0.39 is 5.97 Å². The molecular formula is C39H35NO3. The van der Waals surface area contributed by atoms with Gasteiger partial charge in [0, 0.05) is 6.54 Å². The van der Waals surface area contributed by atoms with Gasteiger partial charge in [0.25, 0.3) is 0 Å². The van der Waals surface area contributed by atoms with Crippen LogP contribution < -0.4 is 0 Å². The first-order valence-electron chi connectivity index (χ1n) is 14.9. The van der Waals surface area contributed by atoms with Crippen molar-refractivity contribution >= 4 is 11.9 Å². The highest BCUT2D eigenvalue weighted by Crippen LogP contribution is 2.41. The van der Waals surface area contributed by atoms with Gasteiger partial charge in [0.1, 0.15) is 0 Å². The Balaban J connectivity index is 1.36. The zero-order valence-electron chi connectivity index (χ0n) is 24.1. The van der Waals surface area contributed by atoms with E-state index in [0.717, 1.165) is 41.5 Å². The van der Waals surface area contributed by atoms with Crippen LogP contribution in [-0.4, -0.2) is 21.9 Å². The summed E-state index contributed by atoms with van der Waals surface area (Å²) < 4.78 is 0. The Kier molecular flexibility index (Phi) is 8.46. The third-order valence-corrected chi connectivity index (χ3v) is 8.52. The van der Waals surface area contributed by atoms with Crippen molar-refractivity contribution in [3.8, 4) is 11.1 Å². The topological polar surface area (TPSA) is 57.6 Å². The van der Waals surface area contributed by atoms with Crippen LogP contribution >= 0.6 is 0 Å². The molecule has 1 aliphatic carbocycles. The highest BCUT2D eigenvalue weighted by atomic mass is 16.4. The van der Waals surface area contributed by atoms with Gasteiger partial charge in [-0.05, 0) is 76.3 Å². The maximum Gasteiger partial charge on any atom is 0.335 e. The molecule has 0 unspecified atom stereocenters. The van der Waals surface area contributed by atoms with Gasteiger partial charge < -0.3 is 10.0 Å². The predicted molar refractivity (Wildman–Crippen MR) is 171 cm³/mol. The summed E-state index contributed by atoms with van der Waals surface area (Å²) in [5.74, 6) is -0.585. The fourth-order valence-corrected chi connectivity index (χ4v) is 6.45. The molecule has 43 heavy (non-hydrogen) atoms. The smallest absolute Gasteiger partial charge is 0.335 e. The van der Waals surface area contributed by atoms with E-state index in [1.54, 1.807) is 18.2 Å². The Morgan fingerprint density at radius 2 is 1.30 bits per heavy atom. The first kappa shape index (κ1) is 28.2. The van der Waals surface area contributed by atoms with Gasteiger partial charge in [0.05, 0.1) is 18.0 Å². The average Bonchev–Trinajstić information content (AvgIpc) is 3.05. The molecule has 0 spiro atoms. The number of rotatable bonds is 9. The van der Waals surface area contributed by atoms with E-state index in [1.165, 1.54) is 16.7 Å². The van der Waals surface area contributed by atoms with Gasteiger partial charge in [-0.25, -0.2) is 4.79 Å². The summed E-state index contributed by atoms with van der Waals surface area (Å²) in [7, 11) is 0. The minimum atomic E-state index is -0.956. The molecule has 2 atom stereocenters. The molecule has 0 aromatic heterocycles. The molecule has 1 aliphatic rings. The first-order chi connectivity index (χ1) is 21.0. The lowest BCUT2D eigenvalue weighted by Gasteiger charge is -2.42. The molecule has 5 aromatic carbocycles. The summed E-state index contributed by atoms with van der Waals surface area (Å²) in [5.41, 5.74) is 7.84.